The smallest absolute Gasteiger partial charge is 0.352 e. The number of carbonyl (C=O) groups excluding carboxylic acids is 1. The number of carboxylic acids is 1. The number of carboxylic acid groups (broad SMARTS) is 1. The van der Waals surface area contributed by atoms with Gasteiger partial charge in [0.1, 0.15) is 5.70 Å². The lowest BCUT2D eigenvalue weighted by Crippen LogP contribution is -2.28. The first-order chi connectivity index (χ1) is 8.36. The third-order valence-corrected chi connectivity index (χ3v) is 2.81. The molecule has 0 aliphatic rings. The molecule has 0 aliphatic carbocycles. The van der Waals surface area contributed by atoms with Crippen molar-refractivity contribution in [1.29, 1.82) is 0 Å². The van der Waals surface area contributed by atoms with Crippen molar-refractivity contribution in [2.45, 2.75) is 53.4 Å². The van der Waals surface area contributed by atoms with E-state index in [1.165, 1.54) is 12.5 Å². The summed E-state index contributed by atoms with van der Waals surface area (Å²) < 4.78 is 0. The van der Waals surface area contributed by atoms with Crippen LogP contribution in [0.1, 0.15) is 53.4 Å². The minimum atomic E-state index is -1.10. The molecule has 4 nitrogen and oxygen atoms in total. The number of nitrogens with one attached hydrogen (secondary N) is 1. The van der Waals surface area contributed by atoms with E-state index in [4.69, 9.17) is 5.11 Å². The van der Waals surface area contributed by atoms with Gasteiger partial charge in [-0.05, 0) is 18.8 Å². The number of rotatable bonds is 8. The number of amides is 1. The second kappa shape index (κ2) is 8.72. The van der Waals surface area contributed by atoms with E-state index < -0.39 is 5.97 Å². The predicted octanol–water partition coefficient (Wildman–Crippen LogP) is 2.94. The van der Waals surface area contributed by atoms with E-state index in [0.29, 0.717) is 12.3 Å². The van der Waals surface area contributed by atoms with Crippen LogP contribution in [0.25, 0.3) is 0 Å². The highest BCUT2D eigenvalue weighted by atomic mass is 16.4. The zero-order valence-electron chi connectivity index (χ0n) is 11.8. The Labute approximate surface area is 109 Å². The van der Waals surface area contributed by atoms with Crippen LogP contribution in [0.2, 0.25) is 0 Å². The van der Waals surface area contributed by atoms with E-state index in [-0.39, 0.29) is 17.5 Å². The molecule has 0 saturated heterocycles. The molecule has 0 aromatic heterocycles. The minimum absolute atomic E-state index is 0.0469. The fourth-order valence-electron chi connectivity index (χ4n) is 1.74. The lowest BCUT2D eigenvalue weighted by Gasteiger charge is -2.12. The fraction of sp³-hybridized carbons (Fsp3) is 0.714. The van der Waals surface area contributed by atoms with Crippen molar-refractivity contribution in [2.75, 3.05) is 0 Å². The molecule has 0 spiro atoms. The van der Waals surface area contributed by atoms with Crippen LogP contribution < -0.4 is 5.32 Å². The molecule has 2 N–H and O–H groups in total. The maximum atomic E-state index is 11.6. The largest absolute Gasteiger partial charge is 0.477 e. The number of allylic oxidation sites excluding steroid dienone is 1. The molecule has 0 aromatic carbocycles. The first-order valence-electron chi connectivity index (χ1n) is 6.56. The van der Waals surface area contributed by atoms with E-state index in [2.05, 4.69) is 19.2 Å². The Morgan fingerprint density at radius 3 is 2.28 bits per heavy atom. The van der Waals surface area contributed by atoms with E-state index in [0.717, 1.165) is 12.8 Å². The maximum absolute atomic E-state index is 11.6. The average Bonchev–Trinajstić information content (AvgIpc) is 2.24. The summed E-state index contributed by atoms with van der Waals surface area (Å²) >= 11 is 0. The third-order valence-electron chi connectivity index (χ3n) is 2.81. The molecule has 104 valence electrons. The van der Waals surface area contributed by atoms with Gasteiger partial charge in [-0.25, -0.2) is 4.79 Å². The van der Waals surface area contributed by atoms with E-state index >= 15 is 0 Å². The lowest BCUT2D eigenvalue weighted by atomic mass is 9.97. The van der Waals surface area contributed by atoms with Crippen molar-refractivity contribution in [2.24, 2.45) is 11.8 Å². The summed E-state index contributed by atoms with van der Waals surface area (Å²) in [5.41, 5.74) is -0.0469. The molecule has 0 radical (unpaired) electrons. The van der Waals surface area contributed by atoms with Gasteiger partial charge in [0.15, 0.2) is 0 Å². The molecule has 0 aromatic rings. The first-order valence-corrected chi connectivity index (χ1v) is 6.56. The molecule has 0 bridgehead atoms. The summed E-state index contributed by atoms with van der Waals surface area (Å²) in [6.07, 6.45) is 5.05. The van der Waals surface area contributed by atoms with Gasteiger partial charge in [0.05, 0.1) is 0 Å². The standard InChI is InChI=1S/C14H25NO3/c1-5-12(14(17)18)15-13(16)9-11(4)8-6-7-10(2)3/h5,10-11H,6-9H2,1-4H3,(H,15,16)(H,17,18)/b12-5-. The Hall–Kier alpha value is -1.32. The van der Waals surface area contributed by atoms with Crippen molar-refractivity contribution in [3.05, 3.63) is 11.8 Å². The van der Waals surface area contributed by atoms with Crippen molar-refractivity contribution in [3.8, 4) is 0 Å². The Balaban J connectivity index is 3.97. The molecule has 0 fully saturated rings. The molecule has 0 saturated carbocycles. The summed E-state index contributed by atoms with van der Waals surface area (Å²) in [6.45, 7) is 7.98. The van der Waals surface area contributed by atoms with E-state index in [9.17, 15) is 9.59 Å². The molecule has 0 heterocycles. The zero-order chi connectivity index (χ0) is 14.1. The SMILES string of the molecule is C/C=C(\NC(=O)CC(C)CCCC(C)C)C(=O)O. The number of aliphatic carboxylic acids is 1. The van der Waals surface area contributed by atoms with Gasteiger partial charge in [0.25, 0.3) is 0 Å². The number of hydrogen-bond acceptors (Lipinski definition) is 2. The van der Waals surface area contributed by atoms with Crippen molar-refractivity contribution >= 4 is 11.9 Å². The molecule has 0 rings (SSSR count). The van der Waals surface area contributed by atoms with Crippen molar-refractivity contribution in [3.63, 3.8) is 0 Å². The van der Waals surface area contributed by atoms with Crippen LogP contribution in [0.5, 0.6) is 0 Å². The van der Waals surface area contributed by atoms with Gasteiger partial charge in [-0.3, -0.25) is 4.79 Å². The Kier molecular flexibility index (Phi) is 8.08. The van der Waals surface area contributed by atoms with Gasteiger partial charge in [-0.15, -0.1) is 0 Å². The number of hydrogen-bond donors (Lipinski definition) is 2. The van der Waals surface area contributed by atoms with Crippen LogP contribution in [0.3, 0.4) is 0 Å². The summed E-state index contributed by atoms with van der Waals surface area (Å²) in [4.78, 5) is 22.3. The van der Waals surface area contributed by atoms with Gasteiger partial charge < -0.3 is 10.4 Å². The molecule has 4 heteroatoms. The van der Waals surface area contributed by atoms with Gasteiger partial charge in [0, 0.05) is 6.42 Å². The van der Waals surface area contributed by atoms with Gasteiger partial charge in [-0.2, -0.15) is 0 Å². The summed E-state index contributed by atoms with van der Waals surface area (Å²) in [5, 5.41) is 11.2. The molecule has 0 aliphatic heterocycles. The van der Waals surface area contributed by atoms with Crippen LogP contribution in [0, 0.1) is 11.8 Å². The lowest BCUT2D eigenvalue weighted by molar-refractivity contribution is -0.134. The molecular weight excluding hydrogens is 230 g/mol. The normalized spacial score (nSPS) is 13.5. The maximum Gasteiger partial charge on any atom is 0.352 e. The Morgan fingerprint density at radius 2 is 1.83 bits per heavy atom. The summed E-state index contributed by atoms with van der Waals surface area (Å²) in [5.74, 6) is -0.343. The van der Waals surface area contributed by atoms with Crippen LogP contribution in [-0.2, 0) is 9.59 Å². The van der Waals surface area contributed by atoms with Crippen LogP contribution in [0.15, 0.2) is 11.8 Å². The highest BCUT2D eigenvalue weighted by Crippen LogP contribution is 2.15. The van der Waals surface area contributed by atoms with Crippen molar-refractivity contribution < 1.29 is 14.7 Å². The molecule has 1 amide bonds. The third kappa shape index (κ3) is 7.87. The summed E-state index contributed by atoms with van der Waals surface area (Å²) in [7, 11) is 0. The van der Waals surface area contributed by atoms with Gasteiger partial charge >= 0.3 is 5.97 Å². The van der Waals surface area contributed by atoms with E-state index in [1.807, 2.05) is 6.92 Å². The van der Waals surface area contributed by atoms with E-state index in [1.54, 1.807) is 6.92 Å². The molecule has 18 heavy (non-hydrogen) atoms. The Bertz CT molecular complexity index is 308. The second-order valence-corrected chi connectivity index (χ2v) is 5.19. The fourth-order valence-corrected chi connectivity index (χ4v) is 1.74. The zero-order valence-corrected chi connectivity index (χ0v) is 11.8. The van der Waals surface area contributed by atoms with Crippen molar-refractivity contribution in [1.82, 2.24) is 5.32 Å². The van der Waals surface area contributed by atoms with Crippen LogP contribution >= 0.6 is 0 Å². The quantitative estimate of drug-likeness (QED) is 0.655. The second-order valence-electron chi connectivity index (χ2n) is 5.19. The first kappa shape index (κ1) is 16.7. The highest BCUT2D eigenvalue weighted by molar-refractivity contribution is 5.92. The average molecular weight is 255 g/mol. The van der Waals surface area contributed by atoms with Crippen LogP contribution in [-0.4, -0.2) is 17.0 Å². The highest BCUT2D eigenvalue weighted by Gasteiger charge is 2.13. The minimum Gasteiger partial charge on any atom is -0.477 e. The Morgan fingerprint density at radius 1 is 1.22 bits per heavy atom. The summed E-state index contributed by atoms with van der Waals surface area (Å²) in [6, 6.07) is 0. The topological polar surface area (TPSA) is 66.4 Å². The molecule has 1 atom stereocenters. The predicted molar refractivity (Wildman–Crippen MR) is 72.0 cm³/mol. The van der Waals surface area contributed by atoms with Gasteiger partial charge in [0.2, 0.25) is 5.91 Å². The molecule has 1 unspecified atom stereocenters. The number of carbonyl (C=O) groups is 2. The monoisotopic (exact) mass is 255 g/mol. The molecular formula is C14H25NO3. The van der Waals surface area contributed by atoms with Gasteiger partial charge in [-0.1, -0.05) is 46.1 Å². The van der Waals surface area contributed by atoms with Crippen LogP contribution in [0.4, 0.5) is 0 Å².